The summed E-state index contributed by atoms with van der Waals surface area (Å²) in [5.74, 6) is 1.15. The molecule has 0 unspecified atom stereocenters. The quantitative estimate of drug-likeness (QED) is 0.803. The van der Waals surface area contributed by atoms with Gasteiger partial charge in [-0.1, -0.05) is 0 Å². The normalized spacial score (nSPS) is 22.9. The first-order chi connectivity index (χ1) is 9.24. The molecule has 0 radical (unpaired) electrons. The van der Waals surface area contributed by atoms with E-state index in [2.05, 4.69) is 33.9 Å². The van der Waals surface area contributed by atoms with Crippen LogP contribution in [-0.4, -0.2) is 61.3 Å². The molecule has 2 heterocycles. The van der Waals surface area contributed by atoms with E-state index in [0.29, 0.717) is 0 Å². The van der Waals surface area contributed by atoms with E-state index in [-0.39, 0.29) is 6.10 Å². The van der Waals surface area contributed by atoms with Gasteiger partial charge >= 0.3 is 0 Å². The second kappa shape index (κ2) is 5.43. The summed E-state index contributed by atoms with van der Waals surface area (Å²) in [6, 6.07) is 0. The molecule has 0 bridgehead atoms. The largest absolute Gasteiger partial charge is 0.373 e. The Morgan fingerprint density at radius 2 is 2.26 bits per heavy atom. The fourth-order valence-electron chi connectivity index (χ4n) is 3.04. The van der Waals surface area contributed by atoms with Crippen LogP contribution >= 0.6 is 0 Å². The van der Waals surface area contributed by atoms with E-state index in [0.717, 1.165) is 44.9 Å². The Kier molecular flexibility index (Phi) is 3.66. The van der Waals surface area contributed by atoms with Crippen molar-refractivity contribution in [3.63, 3.8) is 0 Å². The van der Waals surface area contributed by atoms with Gasteiger partial charge in [0.2, 0.25) is 0 Å². The maximum atomic E-state index is 5.83. The van der Waals surface area contributed by atoms with Crippen molar-refractivity contribution in [1.29, 1.82) is 0 Å². The topological polar surface area (TPSA) is 41.5 Å². The minimum Gasteiger partial charge on any atom is -0.373 e. The number of hydrogen-bond acceptors (Lipinski definition) is 5. The smallest absolute Gasteiger partial charge is 0.135 e. The number of aromatic nitrogens is 2. The average molecular weight is 262 g/mol. The molecule has 1 atom stereocenters. The number of likely N-dealkylation sites (N-methyl/N-ethyl adjacent to an activating group) is 1. The number of anilines is 1. The molecule has 3 rings (SSSR count). The number of ether oxygens (including phenoxy) is 1. The second-order valence-corrected chi connectivity index (χ2v) is 5.68. The van der Waals surface area contributed by atoms with Gasteiger partial charge in [-0.25, -0.2) is 9.97 Å². The molecule has 1 aromatic heterocycles. The molecule has 1 fully saturated rings. The lowest BCUT2D eigenvalue weighted by Crippen LogP contribution is -2.47. The molecule has 1 saturated heterocycles. The van der Waals surface area contributed by atoms with E-state index in [9.17, 15) is 0 Å². The predicted octanol–water partition coefficient (Wildman–Crippen LogP) is 0.732. The van der Waals surface area contributed by atoms with Crippen molar-refractivity contribution >= 4 is 5.82 Å². The Hall–Kier alpha value is -1.20. The lowest BCUT2D eigenvalue weighted by atomic mass is 10.2. The third-order valence-electron chi connectivity index (χ3n) is 3.86. The van der Waals surface area contributed by atoms with Crippen molar-refractivity contribution in [2.75, 3.05) is 45.2 Å². The first kappa shape index (κ1) is 12.8. The average Bonchev–Trinajstić information content (AvgIpc) is 2.86. The van der Waals surface area contributed by atoms with Gasteiger partial charge in [-0.3, -0.25) is 0 Å². The number of fused-ring (bicyclic) bond motifs is 1. The maximum absolute atomic E-state index is 5.83. The van der Waals surface area contributed by atoms with Crippen LogP contribution in [0.1, 0.15) is 17.7 Å². The second-order valence-electron chi connectivity index (χ2n) is 5.68. The van der Waals surface area contributed by atoms with Crippen LogP contribution < -0.4 is 4.90 Å². The zero-order valence-electron chi connectivity index (χ0n) is 11.8. The summed E-state index contributed by atoms with van der Waals surface area (Å²) in [5, 5.41) is 0. The lowest BCUT2D eigenvalue weighted by Gasteiger charge is -2.35. The number of hydrogen-bond donors (Lipinski definition) is 0. The summed E-state index contributed by atoms with van der Waals surface area (Å²) in [6.07, 6.45) is 5.44. The molecule has 19 heavy (non-hydrogen) atoms. The van der Waals surface area contributed by atoms with E-state index in [4.69, 9.17) is 4.74 Å². The first-order valence-corrected chi connectivity index (χ1v) is 7.08. The predicted molar refractivity (Wildman–Crippen MR) is 74.6 cm³/mol. The fourth-order valence-corrected chi connectivity index (χ4v) is 3.04. The van der Waals surface area contributed by atoms with Gasteiger partial charge in [-0.15, -0.1) is 0 Å². The molecule has 5 heteroatoms. The van der Waals surface area contributed by atoms with Crippen LogP contribution in [0.3, 0.4) is 0 Å². The highest BCUT2D eigenvalue weighted by atomic mass is 16.5. The zero-order chi connectivity index (χ0) is 13.2. The van der Waals surface area contributed by atoms with Crippen molar-refractivity contribution in [3.05, 3.63) is 17.6 Å². The van der Waals surface area contributed by atoms with Crippen LogP contribution in [-0.2, 0) is 17.6 Å². The molecular weight excluding hydrogens is 240 g/mol. The van der Waals surface area contributed by atoms with E-state index >= 15 is 0 Å². The molecule has 5 nitrogen and oxygen atoms in total. The fraction of sp³-hybridized carbons (Fsp3) is 0.714. The van der Waals surface area contributed by atoms with Crippen LogP contribution in [0.4, 0.5) is 5.82 Å². The van der Waals surface area contributed by atoms with Gasteiger partial charge in [0.25, 0.3) is 0 Å². The third kappa shape index (κ3) is 2.72. The van der Waals surface area contributed by atoms with Gasteiger partial charge in [0, 0.05) is 30.9 Å². The van der Waals surface area contributed by atoms with Crippen LogP contribution in [0.15, 0.2) is 6.33 Å². The number of aryl methyl sites for hydroxylation is 1. The minimum absolute atomic E-state index is 0.274. The molecule has 0 saturated carbocycles. The summed E-state index contributed by atoms with van der Waals surface area (Å²) in [4.78, 5) is 13.5. The van der Waals surface area contributed by atoms with Crippen molar-refractivity contribution in [2.45, 2.75) is 25.4 Å². The summed E-state index contributed by atoms with van der Waals surface area (Å²) in [7, 11) is 4.18. The van der Waals surface area contributed by atoms with Gasteiger partial charge in [0.1, 0.15) is 12.1 Å². The van der Waals surface area contributed by atoms with Gasteiger partial charge < -0.3 is 14.5 Å². The van der Waals surface area contributed by atoms with Crippen LogP contribution in [0.25, 0.3) is 0 Å². The van der Waals surface area contributed by atoms with Crippen LogP contribution in [0.5, 0.6) is 0 Å². The molecule has 2 aliphatic rings. The van der Waals surface area contributed by atoms with E-state index in [1.807, 2.05) is 0 Å². The highest BCUT2D eigenvalue weighted by Crippen LogP contribution is 2.28. The summed E-state index contributed by atoms with van der Waals surface area (Å²) >= 11 is 0. The molecule has 0 amide bonds. The van der Waals surface area contributed by atoms with Gasteiger partial charge in [0.05, 0.1) is 12.7 Å². The molecule has 0 aromatic carbocycles. The Morgan fingerprint density at radius 3 is 3.11 bits per heavy atom. The van der Waals surface area contributed by atoms with Gasteiger partial charge in [-0.05, 0) is 33.4 Å². The monoisotopic (exact) mass is 262 g/mol. The molecule has 1 aromatic rings. The van der Waals surface area contributed by atoms with Crippen molar-refractivity contribution < 1.29 is 4.74 Å². The summed E-state index contributed by atoms with van der Waals surface area (Å²) in [5.41, 5.74) is 2.62. The minimum atomic E-state index is 0.274. The third-order valence-corrected chi connectivity index (χ3v) is 3.86. The molecule has 1 aliphatic heterocycles. The van der Waals surface area contributed by atoms with Gasteiger partial charge in [-0.2, -0.15) is 0 Å². The SMILES string of the molecule is CN(C)C[C@@H]1CN(c2ncnc3c2CCC3)CCO1. The highest BCUT2D eigenvalue weighted by molar-refractivity contribution is 5.50. The van der Waals surface area contributed by atoms with Crippen molar-refractivity contribution in [3.8, 4) is 0 Å². The zero-order valence-corrected chi connectivity index (χ0v) is 11.8. The lowest BCUT2D eigenvalue weighted by molar-refractivity contribution is 0.0245. The van der Waals surface area contributed by atoms with Crippen LogP contribution in [0, 0.1) is 0 Å². The first-order valence-electron chi connectivity index (χ1n) is 7.08. The van der Waals surface area contributed by atoms with Gasteiger partial charge in [0.15, 0.2) is 0 Å². The Labute approximate surface area is 114 Å². The number of morpholine rings is 1. The molecule has 1 aliphatic carbocycles. The molecule has 104 valence electrons. The highest BCUT2D eigenvalue weighted by Gasteiger charge is 2.26. The van der Waals surface area contributed by atoms with Crippen molar-refractivity contribution in [2.24, 2.45) is 0 Å². The summed E-state index contributed by atoms with van der Waals surface area (Å²) in [6.45, 7) is 3.62. The molecule has 0 spiro atoms. The Bertz CT molecular complexity index is 449. The molecule has 0 N–H and O–H groups in total. The standard InChI is InChI=1S/C14H22N4O/c1-17(2)8-11-9-18(6-7-19-11)14-12-4-3-5-13(12)15-10-16-14/h10-11H,3-9H2,1-2H3/t11-/m1/s1. The Balaban J connectivity index is 1.77. The summed E-state index contributed by atoms with van der Waals surface area (Å²) < 4.78 is 5.83. The van der Waals surface area contributed by atoms with E-state index in [1.165, 1.54) is 17.7 Å². The number of rotatable bonds is 3. The Morgan fingerprint density at radius 1 is 1.37 bits per heavy atom. The van der Waals surface area contributed by atoms with E-state index < -0.39 is 0 Å². The maximum Gasteiger partial charge on any atom is 0.135 e. The number of nitrogens with zero attached hydrogens (tertiary/aromatic N) is 4. The van der Waals surface area contributed by atoms with E-state index in [1.54, 1.807) is 6.33 Å². The van der Waals surface area contributed by atoms with Crippen molar-refractivity contribution in [1.82, 2.24) is 14.9 Å². The van der Waals surface area contributed by atoms with Crippen LogP contribution in [0.2, 0.25) is 0 Å². The molecular formula is C14H22N4O.